The van der Waals surface area contributed by atoms with Crippen molar-refractivity contribution in [1.29, 1.82) is 0 Å². The number of hydrogen-bond donors (Lipinski definition) is 2. The third-order valence-electron chi connectivity index (χ3n) is 3.92. The Kier molecular flexibility index (Phi) is 5.23. The largest absolute Gasteiger partial charge is 0.479 e. The summed E-state index contributed by atoms with van der Waals surface area (Å²) in [5, 5.41) is 11.8. The van der Waals surface area contributed by atoms with Crippen LogP contribution in [0.1, 0.15) is 20.7 Å². The van der Waals surface area contributed by atoms with Crippen molar-refractivity contribution >= 4 is 23.5 Å². The van der Waals surface area contributed by atoms with Crippen molar-refractivity contribution in [2.45, 2.75) is 6.10 Å². The Bertz CT molecular complexity index is 825. The number of anilines is 1. The number of carboxylic acid groups (broad SMARTS) is 1. The normalized spacial score (nSPS) is 16.8. The highest BCUT2D eigenvalue weighted by molar-refractivity contribution is 6.05. The van der Waals surface area contributed by atoms with Crippen LogP contribution < -0.4 is 5.32 Å². The number of amides is 2. The topological polar surface area (TPSA) is 109 Å². The zero-order valence-corrected chi connectivity index (χ0v) is 13.8. The molecule has 2 amide bonds. The predicted octanol–water partition coefficient (Wildman–Crippen LogP) is 1.26. The van der Waals surface area contributed by atoms with Crippen LogP contribution in [0.5, 0.6) is 0 Å². The summed E-state index contributed by atoms with van der Waals surface area (Å²) in [7, 11) is 0. The van der Waals surface area contributed by atoms with E-state index >= 15 is 0 Å². The van der Waals surface area contributed by atoms with E-state index in [0.29, 0.717) is 23.4 Å². The number of nitrogens with zero attached hydrogens (tertiary/aromatic N) is 2. The molecule has 1 fully saturated rings. The van der Waals surface area contributed by atoms with E-state index in [1.165, 1.54) is 11.1 Å². The molecule has 26 heavy (non-hydrogen) atoms. The Balaban J connectivity index is 1.71. The summed E-state index contributed by atoms with van der Waals surface area (Å²) in [6, 6.07) is 9.80. The van der Waals surface area contributed by atoms with Crippen LogP contribution in [0.25, 0.3) is 0 Å². The fraction of sp³-hybridized carbons (Fsp3) is 0.222. The Morgan fingerprint density at radius 3 is 2.73 bits per heavy atom. The molecule has 1 unspecified atom stereocenters. The first kappa shape index (κ1) is 17.6. The van der Waals surface area contributed by atoms with Crippen LogP contribution in [0.4, 0.5) is 5.69 Å². The summed E-state index contributed by atoms with van der Waals surface area (Å²) in [5.41, 5.74) is 1.23. The molecule has 1 saturated heterocycles. The first-order valence-corrected chi connectivity index (χ1v) is 8.00. The Morgan fingerprint density at radius 2 is 2.00 bits per heavy atom. The second-order valence-corrected chi connectivity index (χ2v) is 5.73. The van der Waals surface area contributed by atoms with Crippen molar-refractivity contribution < 1.29 is 24.2 Å². The predicted molar refractivity (Wildman–Crippen MR) is 91.9 cm³/mol. The van der Waals surface area contributed by atoms with Crippen molar-refractivity contribution in [2.24, 2.45) is 0 Å². The minimum atomic E-state index is -1.10. The van der Waals surface area contributed by atoms with Crippen molar-refractivity contribution in [2.75, 3.05) is 25.0 Å². The number of benzene rings is 1. The van der Waals surface area contributed by atoms with Gasteiger partial charge in [-0.1, -0.05) is 6.07 Å². The van der Waals surface area contributed by atoms with E-state index in [1.54, 1.807) is 42.6 Å². The SMILES string of the molecule is O=C(Nc1cccc(C(=O)N2CCOC(C(=O)O)C2)c1)c1cccnc1. The molecule has 8 nitrogen and oxygen atoms in total. The van der Waals surface area contributed by atoms with Gasteiger partial charge in [-0.05, 0) is 30.3 Å². The van der Waals surface area contributed by atoms with Crippen molar-refractivity contribution in [3.63, 3.8) is 0 Å². The Morgan fingerprint density at radius 1 is 1.19 bits per heavy atom. The quantitative estimate of drug-likeness (QED) is 0.855. The Hall–Kier alpha value is -3.26. The average Bonchev–Trinajstić information content (AvgIpc) is 2.68. The van der Waals surface area contributed by atoms with E-state index in [9.17, 15) is 14.4 Å². The van der Waals surface area contributed by atoms with Gasteiger partial charge in [0.1, 0.15) is 0 Å². The lowest BCUT2D eigenvalue weighted by atomic mass is 10.1. The lowest BCUT2D eigenvalue weighted by molar-refractivity contribution is -0.154. The van der Waals surface area contributed by atoms with Gasteiger partial charge in [0, 0.05) is 30.2 Å². The van der Waals surface area contributed by atoms with E-state index in [4.69, 9.17) is 9.84 Å². The maximum absolute atomic E-state index is 12.6. The summed E-state index contributed by atoms with van der Waals surface area (Å²) < 4.78 is 5.12. The molecule has 1 aliphatic heterocycles. The average molecular weight is 355 g/mol. The fourth-order valence-electron chi connectivity index (χ4n) is 2.60. The van der Waals surface area contributed by atoms with Crippen LogP contribution in [0, 0.1) is 0 Å². The molecule has 0 radical (unpaired) electrons. The minimum Gasteiger partial charge on any atom is -0.479 e. The van der Waals surface area contributed by atoms with Gasteiger partial charge in [0.25, 0.3) is 11.8 Å². The zero-order valence-electron chi connectivity index (χ0n) is 13.8. The van der Waals surface area contributed by atoms with Crippen LogP contribution in [-0.4, -0.2) is 58.6 Å². The van der Waals surface area contributed by atoms with Crippen molar-refractivity contribution in [3.05, 3.63) is 59.9 Å². The highest BCUT2D eigenvalue weighted by Crippen LogP contribution is 2.16. The number of aromatic nitrogens is 1. The van der Waals surface area contributed by atoms with Gasteiger partial charge >= 0.3 is 5.97 Å². The number of carbonyl (C=O) groups is 3. The van der Waals surface area contributed by atoms with Crippen LogP contribution in [0.2, 0.25) is 0 Å². The molecule has 0 bridgehead atoms. The summed E-state index contributed by atoms with van der Waals surface area (Å²) in [4.78, 5) is 41.2. The second-order valence-electron chi connectivity index (χ2n) is 5.73. The summed E-state index contributed by atoms with van der Waals surface area (Å²) >= 11 is 0. The number of hydrogen-bond acceptors (Lipinski definition) is 5. The molecule has 2 heterocycles. The standard InChI is InChI=1S/C18H17N3O5/c22-16(13-4-2-6-19-10-13)20-14-5-1-3-12(9-14)17(23)21-7-8-26-15(11-21)18(24)25/h1-6,9-10,15H,7-8,11H2,(H,20,22)(H,24,25). The molecule has 0 aliphatic carbocycles. The van der Waals surface area contributed by atoms with Gasteiger partial charge in [-0.25, -0.2) is 4.79 Å². The number of carboxylic acids is 1. The number of carbonyl (C=O) groups excluding carboxylic acids is 2. The summed E-state index contributed by atoms with van der Waals surface area (Å²) in [6.45, 7) is 0.468. The first-order chi connectivity index (χ1) is 12.5. The van der Waals surface area contributed by atoms with Crippen molar-refractivity contribution in [1.82, 2.24) is 9.88 Å². The van der Waals surface area contributed by atoms with Gasteiger partial charge in [-0.3, -0.25) is 14.6 Å². The fourth-order valence-corrected chi connectivity index (χ4v) is 2.60. The number of rotatable bonds is 4. The van der Waals surface area contributed by atoms with E-state index in [2.05, 4.69) is 10.3 Å². The van der Waals surface area contributed by atoms with Crippen LogP contribution in [-0.2, 0) is 9.53 Å². The van der Waals surface area contributed by atoms with E-state index in [1.807, 2.05) is 0 Å². The van der Waals surface area contributed by atoms with Gasteiger partial charge in [0.2, 0.25) is 0 Å². The number of ether oxygens (including phenoxy) is 1. The molecule has 1 atom stereocenters. The van der Waals surface area contributed by atoms with E-state index in [-0.39, 0.29) is 25.0 Å². The van der Waals surface area contributed by atoms with Gasteiger partial charge in [-0.15, -0.1) is 0 Å². The maximum atomic E-state index is 12.6. The number of pyridine rings is 1. The molecule has 1 aromatic heterocycles. The molecule has 1 aliphatic rings. The van der Waals surface area contributed by atoms with Gasteiger partial charge < -0.3 is 20.1 Å². The molecule has 8 heteroatoms. The highest BCUT2D eigenvalue weighted by atomic mass is 16.5. The Labute approximate surface area is 149 Å². The first-order valence-electron chi connectivity index (χ1n) is 8.00. The van der Waals surface area contributed by atoms with Crippen LogP contribution >= 0.6 is 0 Å². The number of aliphatic carboxylic acids is 1. The third kappa shape index (κ3) is 4.04. The van der Waals surface area contributed by atoms with E-state index in [0.717, 1.165) is 0 Å². The molecular formula is C18H17N3O5. The van der Waals surface area contributed by atoms with Gasteiger partial charge in [0.05, 0.1) is 18.7 Å². The molecule has 3 rings (SSSR count). The minimum absolute atomic E-state index is 0.0135. The number of morpholine rings is 1. The third-order valence-corrected chi connectivity index (χ3v) is 3.92. The van der Waals surface area contributed by atoms with E-state index < -0.39 is 12.1 Å². The molecule has 0 saturated carbocycles. The van der Waals surface area contributed by atoms with Crippen LogP contribution in [0.15, 0.2) is 48.8 Å². The van der Waals surface area contributed by atoms with Gasteiger partial charge in [-0.2, -0.15) is 0 Å². The van der Waals surface area contributed by atoms with Crippen molar-refractivity contribution in [3.8, 4) is 0 Å². The maximum Gasteiger partial charge on any atom is 0.334 e. The zero-order chi connectivity index (χ0) is 18.5. The van der Waals surface area contributed by atoms with Gasteiger partial charge in [0.15, 0.2) is 6.10 Å². The highest BCUT2D eigenvalue weighted by Gasteiger charge is 2.29. The second kappa shape index (κ2) is 7.75. The molecule has 2 N–H and O–H groups in total. The monoisotopic (exact) mass is 355 g/mol. The van der Waals surface area contributed by atoms with Crippen LogP contribution in [0.3, 0.4) is 0 Å². The summed E-state index contributed by atoms with van der Waals surface area (Å²) in [6.07, 6.45) is 1.99. The lowest BCUT2D eigenvalue weighted by Crippen LogP contribution is -2.48. The smallest absolute Gasteiger partial charge is 0.334 e. The number of nitrogens with one attached hydrogen (secondary N) is 1. The molecular weight excluding hydrogens is 338 g/mol. The lowest BCUT2D eigenvalue weighted by Gasteiger charge is -2.31. The summed E-state index contributed by atoms with van der Waals surface area (Å²) in [5.74, 6) is -1.74. The molecule has 134 valence electrons. The molecule has 0 spiro atoms. The molecule has 1 aromatic carbocycles. The molecule has 2 aromatic rings.